The molecule has 5 nitrogen and oxygen atoms in total. The van der Waals surface area contributed by atoms with Crippen LogP contribution in [0.5, 0.6) is 0 Å². The highest BCUT2D eigenvalue weighted by Gasteiger charge is 2.22. The van der Waals surface area contributed by atoms with E-state index in [-0.39, 0.29) is 17.4 Å². The predicted molar refractivity (Wildman–Crippen MR) is 55.3 cm³/mol. The molecule has 0 atom stereocenters. The van der Waals surface area contributed by atoms with Crippen LogP contribution in [0.15, 0.2) is 11.3 Å². The number of rotatable bonds is 4. The SMILES string of the molecule is CO/C(C(=O)N(C)C(C)C)=C(/C)C(=O)O. The lowest BCUT2D eigenvalue weighted by Crippen LogP contribution is -2.35. The summed E-state index contributed by atoms with van der Waals surface area (Å²) >= 11 is 0. The summed E-state index contributed by atoms with van der Waals surface area (Å²) in [6.07, 6.45) is 0. The molecule has 0 rings (SSSR count). The average molecular weight is 215 g/mol. The summed E-state index contributed by atoms with van der Waals surface area (Å²) in [5.41, 5.74) is -0.0880. The van der Waals surface area contributed by atoms with Crippen molar-refractivity contribution in [3.63, 3.8) is 0 Å². The van der Waals surface area contributed by atoms with Crippen molar-refractivity contribution in [1.82, 2.24) is 4.90 Å². The Morgan fingerprint density at radius 1 is 1.33 bits per heavy atom. The standard InChI is InChI=1S/C10H17NO4/c1-6(2)11(4)9(12)8(15-5)7(3)10(13)14/h6H,1-5H3,(H,13,14)/b8-7-. The van der Waals surface area contributed by atoms with Gasteiger partial charge in [-0.25, -0.2) is 4.79 Å². The first-order valence-corrected chi connectivity index (χ1v) is 4.58. The molecule has 0 spiro atoms. The minimum Gasteiger partial charge on any atom is -0.491 e. The number of hydrogen-bond donors (Lipinski definition) is 1. The van der Waals surface area contributed by atoms with E-state index in [0.29, 0.717) is 0 Å². The summed E-state index contributed by atoms with van der Waals surface area (Å²) in [6.45, 7) is 5.01. The molecule has 1 N–H and O–H groups in total. The Morgan fingerprint density at radius 3 is 2.07 bits per heavy atom. The van der Waals surface area contributed by atoms with Gasteiger partial charge in [0.1, 0.15) is 0 Å². The molecule has 0 heterocycles. The maximum Gasteiger partial charge on any atom is 0.335 e. The van der Waals surface area contributed by atoms with Crippen molar-refractivity contribution in [2.45, 2.75) is 26.8 Å². The predicted octanol–water partition coefficient (Wildman–Crippen LogP) is 0.858. The maximum absolute atomic E-state index is 11.7. The van der Waals surface area contributed by atoms with Crippen molar-refractivity contribution in [3.8, 4) is 0 Å². The zero-order valence-corrected chi connectivity index (χ0v) is 9.70. The molecule has 0 aliphatic rings. The minimum absolute atomic E-state index is 0.00996. The second-order valence-corrected chi connectivity index (χ2v) is 3.47. The zero-order chi connectivity index (χ0) is 12.2. The summed E-state index contributed by atoms with van der Waals surface area (Å²) < 4.78 is 4.81. The Bertz CT molecular complexity index is 294. The van der Waals surface area contributed by atoms with E-state index >= 15 is 0 Å². The summed E-state index contributed by atoms with van der Waals surface area (Å²) in [7, 11) is 2.88. The van der Waals surface area contributed by atoms with Crippen molar-refractivity contribution in [1.29, 1.82) is 0 Å². The number of methoxy groups -OCH3 is 1. The van der Waals surface area contributed by atoms with Gasteiger partial charge in [0.2, 0.25) is 0 Å². The van der Waals surface area contributed by atoms with Gasteiger partial charge in [-0.1, -0.05) is 0 Å². The third kappa shape index (κ3) is 3.27. The normalized spacial score (nSPS) is 12.1. The number of amides is 1. The number of aliphatic carboxylic acids is 1. The third-order valence-electron chi connectivity index (χ3n) is 2.15. The topological polar surface area (TPSA) is 66.8 Å². The first-order chi connectivity index (χ1) is 6.82. The van der Waals surface area contributed by atoms with Crippen LogP contribution in [-0.4, -0.2) is 42.1 Å². The van der Waals surface area contributed by atoms with Crippen LogP contribution in [0.1, 0.15) is 20.8 Å². The van der Waals surface area contributed by atoms with Gasteiger partial charge in [0.15, 0.2) is 5.76 Å². The summed E-state index contributed by atoms with van der Waals surface area (Å²) in [5.74, 6) is -1.71. The van der Waals surface area contributed by atoms with Crippen LogP contribution >= 0.6 is 0 Å². The van der Waals surface area contributed by atoms with E-state index in [1.54, 1.807) is 7.05 Å². The molecule has 0 aromatic heterocycles. The quantitative estimate of drug-likeness (QED) is 0.558. The molecule has 0 bridgehead atoms. The Morgan fingerprint density at radius 2 is 1.80 bits per heavy atom. The number of likely N-dealkylation sites (N-methyl/N-ethyl adjacent to an activating group) is 1. The lowest BCUT2D eigenvalue weighted by atomic mass is 10.2. The van der Waals surface area contributed by atoms with Crippen molar-refractivity contribution in [2.75, 3.05) is 14.2 Å². The zero-order valence-electron chi connectivity index (χ0n) is 9.70. The van der Waals surface area contributed by atoms with E-state index in [4.69, 9.17) is 9.84 Å². The van der Waals surface area contributed by atoms with Gasteiger partial charge in [0.05, 0.1) is 12.7 Å². The summed E-state index contributed by atoms with van der Waals surface area (Å²) in [4.78, 5) is 23.9. The van der Waals surface area contributed by atoms with E-state index in [1.165, 1.54) is 18.9 Å². The molecule has 0 saturated heterocycles. The van der Waals surface area contributed by atoms with Gasteiger partial charge >= 0.3 is 5.97 Å². The molecule has 0 aliphatic carbocycles. The van der Waals surface area contributed by atoms with Gasteiger partial charge in [0, 0.05) is 13.1 Å². The number of carboxylic acids is 1. The smallest absolute Gasteiger partial charge is 0.335 e. The fourth-order valence-electron chi connectivity index (χ4n) is 0.893. The van der Waals surface area contributed by atoms with Crippen LogP contribution in [0, 0.1) is 0 Å². The number of hydrogen-bond acceptors (Lipinski definition) is 3. The molecular formula is C10H17NO4. The van der Waals surface area contributed by atoms with Crippen LogP contribution in [0.3, 0.4) is 0 Å². The molecule has 15 heavy (non-hydrogen) atoms. The van der Waals surface area contributed by atoms with E-state index in [2.05, 4.69) is 0 Å². The monoisotopic (exact) mass is 215 g/mol. The van der Waals surface area contributed by atoms with E-state index in [1.807, 2.05) is 13.8 Å². The van der Waals surface area contributed by atoms with Crippen LogP contribution in [0.2, 0.25) is 0 Å². The fourth-order valence-corrected chi connectivity index (χ4v) is 0.893. The van der Waals surface area contributed by atoms with Crippen LogP contribution in [-0.2, 0) is 14.3 Å². The fraction of sp³-hybridized carbons (Fsp3) is 0.600. The molecule has 0 aromatic carbocycles. The molecule has 0 saturated carbocycles. The molecule has 0 aliphatic heterocycles. The number of ether oxygens (including phenoxy) is 1. The maximum atomic E-state index is 11.7. The highest BCUT2D eigenvalue weighted by atomic mass is 16.5. The van der Waals surface area contributed by atoms with Crippen molar-refractivity contribution >= 4 is 11.9 Å². The summed E-state index contributed by atoms with van der Waals surface area (Å²) in [5, 5.41) is 8.74. The van der Waals surface area contributed by atoms with Crippen molar-refractivity contribution in [2.24, 2.45) is 0 Å². The Labute approximate surface area is 89.3 Å². The van der Waals surface area contributed by atoms with Gasteiger partial charge in [0.25, 0.3) is 5.91 Å². The first kappa shape index (κ1) is 13.5. The largest absolute Gasteiger partial charge is 0.491 e. The van der Waals surface area contributed by atoms with Gasteiger partial charge in [-0.15, -0.1) is 0 Å². The molecule has 86 valence electrons. The number of nitrogens with zero attached hydrogens (tertiary/aromatic N) is 1. The van der Waals surface area contributed by atoms with Gasteiger partial charge in [-0.05, 0) is 20.8 Å². The first-order valence-electron chi connectivity index (χ1n) is 4.58. The summed E-state index contributed by atoms with van der Waals surface area (Å²) in [6, 6.07) is -0.00996. The minimum atomic E-state index is -1.16. The van der Waals surface area contributed by atoms with E-state index < -0.39 is 11.9 Å². The Kier molecular flexibility index (Phi) is 4.84. The molecule has 5 heteroatoms. The average Bonchev–Trinajstić information content (AvgIpc) is 2.16. The van der Waals surface area contributed by atoms with Crippen LogP contribution in [0.25, 0.3) is 0 Å². The highest BCUT2D eigenvalue weighted by molar-refractivity contribution is 6.00. The molecule has 0 radical (unpaired) electrons. The molecule has 0 fully saturated rings. The Balaban J connectivity index is 5.08. The van der Waals surface area contributed by atoms with Crippen LogP contribution < -0.4 is 0 Å². The molecular weight excluding hydrogens is 198 g/mol. The van der Waals surface area contributed by atoms with E-state index in [0.717, 1.165) is 0 Å². The van der Waals surface area contributed by atoms with Gasteiger partial charge in [-0.2, -0.15) is 0 Å². The van der Waals surface area contributed by atoms with Crippen molar-refractivity contribution < 1.29 is 19.4 Å². The third-order valence-corrected chi connectivity index (χ3v) is 2.15. The second-order valence-electron chi connectivity index (χ2n) is 3.47. The number of carboxylic acid groups (broad SMARTS) is 1. The number of carbonyl (C=O) groups is 2. The molecule has 0 aromatic rings. The lowest BCUT2D eigenvalue weighted by molar-refractivity contribution is -0.135. The van der Waals surface area contributed by atoms with E-state index in [9.17, 15) is 9.59 Å². The van der Waals surface area contributed by atoms with Gasteiger partial charge in [-0.3, -0.25) is 4.79 Å². The second kappa shape index (κ2) is 5.38. The lowest BCUT2D eigenvalue weighted by Gasteiger charge is -2.22. The van der Waals surface area contributed by atoms with Gasteiger partial charge < -0.3 is 14.7 Å². The number of carbonyl (C=O) groups excluding carboxylic acids is 1. The van der Waals surface area contributed by atoms with Crippen molar-refractivity contribution in [3.05, 3.63) is 11.3 Å². The highest BCUT2D eigenvalue weighted by Crippen LogP contribution is 2.10. The van der Waals surface area contributed by atoms with Crippen LogP contribution in [0.4, 0.5) is 0 Å². The molecule has 1 amide bonds. The Hall–Kier alpha value is -1.52. The molecule has 0 unspecified atom stereocenters.